The Morgan fingerprint density at radius 3 is 2.34 bits per heavy atom. The van der Waals surface area contributed by atoms with Crippen LogP contribution in [0.1, 0.15) is 54.1 Å². The predicted molar refractivity (Wildman–Crippen MR) is 145 cm³/mol. The third kappa shape index (κ3) is 4.39. The van der Waals surface area contributed by atoms with Gasteiger partial charge in [-0.2, -0.15) is 10.4 Å². The van der Waals surface area contributed by atoms with Gasteiger partial charge in [-0.25, -0.2) is 4.68 Å². The second-order valence-electron chi connectivity index (χ2n) is 9.01. The largest absolute Gasteiger partial charge is 0.294 e. The summed E-state index contributed by atoms with van der Waals surface area (Å²) in [7, 11) is 15.6. The molecule has 4 nitrogen and oxygen atoms in total. The zero-order valence-corrected chi connectivity index (χ0v) is 23.2. The Labute approximate surface area is 202 Å². The number of hydrogen-bond acceptors (Lipinski definition) is 4. The molecule has 4 atom stereocenters. The second-order valence-corrected chi connectivity index (χ2v) is 14.6. The number of benzene rings is 1. The first kappa shape index (κ1) is 25.3. The van der Waals surface area contributed by atoms with Crippen molar-refractivity contribution in [2.75, 3.05) is 0 Å². The van der Waals surface area contributed by atoms with E-state index < -0.39 is 5.31 Å². The minimum Gasteiger partial charge on any atom is -0.294 e. The van der Waals surface area contributed by atoms with Crippen molar-refractivity contribution in [1.29, 1.82) is 5.26 Å². The first-order valence-corrected chi connectivity index (χ1v) is 12.6. The Morgan fingerprint density at radius 2 is 1.88 bits per heavy atom. The van der Waals surface area contributed by atoms with Crippen LogP contribution < -0.4 is 0 Å². The SMILES string of the molecule is [B]C(c1ccc(-n2cc(-c3cc(C(C)=O)c(C#N)s3)cn2)c(C)c1)(C(C)(C)P)C(C)(P)P. The van der Waals surface area contributed by atoms with Crippen LogP contribution in [-0.2, 0) is 5.31 Å². The normalized spacial score (nSPS) is 14.1. The quantitative estimate of drug-likeness (QED) is 0.258. The molecule has 0 amide bonds. The summed E-state index contributed by atoms with van der Waals surface area (Å²) in [6.45, 7) is 9.87. The molecule has 0 aliphatic carbocycles. The lowest BCUT2D eigenvalue weighted by atomic mass is 9.55. The van der Waals surface area contributed by atoms with Crippen LogP contribution in [0.5, 0.6) is 0 Å². The van der Waals surface area contributed by atoms with E-state index in [9.17, 15) is 10.1 Å². The van der Waals surface area contributed by atoms with Crippen molar-refractivity contribution in [3.05, 3.63) is 58.2 Å². The minimum atomic E-state index is -0.633. The van der Waals surface area contributed by atoms with Crippen LogP contribution >= 0.6 is 39.1 Å². The number of nitrogens with zero attached hydrogens (tertiary/aromatic N) is 3. The third-order valence-corrected chi connectivity index (χ3v) is 8.30. The van der Waals surface area contributed by atoms with Crippen molar-refractivity contribution < 1.29 is 4.79 Å². The maximum Gasteiger partial charge on any atom is 0.162 e. The van der Waals surface area contributed by atoms with Crippen molar-refractivity contribution in [1.82, 2.24) is 9.78 Å². The number of carbonyl (C=O) groups is 1. The fraction of sp³-hybridized carbons (Fsp3) is 0.348. The molecule has 4 unspecified atom stereocenters. The predicted octanol–water partition coefficient (Wildman–Crippen LogP) is 5.47. The number of nitriles is 1. The van der Waals surface area contributed by atoms with Crippen molar-refractivity contribution in [3.8, 4) is 22.2 Å². The number of carbonyl (C=O) groups excluding carboxylic acids is 1. The molecule has 2 heterocycles. The van der Waals surface area contributed by atoms with Gasteiger partial charge >= 0.3 is 0 Å². The van der Waals surface area contributed by atoms with E-state index in [1.54, 1.807) is 12.3 Å². The molecule has 0 saturated heterocycles. The Bertz CT molecular complexity index is 1210. The van der Waals surface area contributed by atoms with Gasteiger partial charge in [0.05, 0.1) is 19.7 Å². The Kier molecular flexibility index (Phi) is 6.93. The van der Waals surface area contributed by atoms with Gasteiger partial charge in [-0.1, -0.05) is 32.9 Å². The zero-order chi connectivity index (χ0) is 24.1. The van der Waals surface area contributed by atoms with Crippen molar-refractivity contribution >= 4 is 52.7 Å². The lowest BCUT2D eigenvalue weighted by Crippen LogP contribution is -2.54. The maximum atomic E-state index is 11.8. The van der Waals surface area contributed by atoms with Crippen LogP contribution in [0.15, 0.2) is 36.7 Å². The van der Waals surface area contributed by atoms with Crippen LogP contribution in [-0.4, -0.2) is 33.5 Å². The molecule has 0 aliphatic heterocycles. The third-order valence-electron chi connectivity index (χ3n) is 5.85. The summed E-state index contributed by atoms with van der Waals surface area (Å²) in [5.74, 6) is -0.111. The monoisotopic (exact) mass is 497 g/mol. The van der Waals surface area contributed by atoms with Crippen molar-refractivity contribution in [2.45, 2.75) is 50.0 Å². The van der Waals surface area contributed by atoms with Gasteiger partial charge in [-0.05, 0) is 52.5 Å². The molecule has 32 heavy (non-hydrogen) atoms. The number of aromatic nitrogens is 2. The molecule has 0 N–H and O–H groups in total. The van der Waals surface area contributed by atoms with E-state index in [1.807, 2.05) is 23.9 Å². The van der Waals surface area contributed by atoms with Gasteiger partial charge in [0.25, 0.3) is 0 Å². The summed E-state index contributed by atoms with van der Waals surface area (Å²) < 4.78 is 1.82. The molecule has 2 aromatic heterocycles. The summed E-state index contributed by atoms with van der Waals surface area (Å²) in [4.78, 5) is 12.8. The Balaban J connectivity index is 2.03. The van der Waals surface area contributed by atoms with Gasteiger partial charge in [0.15, 0.2) is 5.78 Å². The van der Waals surface area contributed by atoms with Gasteiger partial charge in [0, 0.05) is 22.2 Å². The molecule has 0 bridgehead atoms. The van der Waals surface area contributed by atoms with Crippen LogP contribution in [0, 0.1) is 18.3 Å². The zero-order valence-electron chi connectivity index (χ0n) is 18.9. The van der Waals surface area contributed by atoms with E-state index in [-0.39, 0.29) is 15.8 Å². The maximum absolute atomic E-state index is 11.8. The molecule has 0 saturated carbocycles. The highest BCUT2D eigenvalue weighted by Crippen LogP contribution is 2.53. The number of thiophene rings is 1. The average Bonchev–Trinajstić information content (AvgIpc) is 3.32. The van der Waals surface area contributed by atoms with Crippen LogP contribution in [0.2, 0.25) is 0 Å². The van der Waals surface area contributed by atoms with Gasteiger partial charge in [0.2, 0.25) is 0 Å². The number of ketones is 1. The molecular weight excluding hydrogens is 470 g/mol. The number of Topliss-reactive ketones (excluding diaryl/α,β-unsaturated/α-hetero) is 1. The summed E-state index contributed by atoms with van der Waals surface area (Å²) in [6.07, 6.45) is 3.68. The number of rotatable bonds is 6. The summed E-state index contributed by atoms with van der Waals surface area (Å²) in [5, 5.41) is 13.0. The van der Waals surface area contributed by atoms with Crippen LogP contribution in [0.4, 0.5) is 0 Å². The summed E-state index contributed by atoms with van der Waals surface area (Å²) in [6, 6.07) is 10.1. The van der Waals surface area contributed by atoms with E-state index in [1.165, 1.54) is 18.3 Å². The van der Waals surface area contributed by atoms with E-state index in [0.717, 1.165) is 27.3 Å². The van der Waals surface area contributed by atoms with Crippen molar-refractivity contribution in [2.24, 2.45) is 0 Å². The molecule has 2 radical (unpaired) electrons. The van der Waals surface area contributed by atoms with E-state index >= 15 is 0 Å². The standard InChI is InChI=1S/C23H27BN3OP3S/c1-13-8-16(23(24,21(3,4)29)22(5,30)31)6-7-18(13)27-12-15(11-26-27)19-9-17(14(2)28)20(10-25)32-19/h6-9,11-12H,29-31H2,1-5H3. The van der Waals surface area contributed by atoms with E-state index in [4.69, 9.17) is 7.85 Å². The highest BCUT2D eigenvalue weighted by Gasteiger charge is 2.47. The first-order valence-electron chi connectivity index (χ1n) is 10.1. The topological polar surface area (TPSA) is 58.7 Å². The smallest absolute Gasteiger partial charge is 0.162 e. The Hall–Kier alpha value is -1.36. The Morgan fingerprint density at radius 1 is 1.22 bits per heavy atom. The van der Waals surface area contributed by atoms with E-state index in [2.05, 4.69) is 71.8 Å². The molecule has 164 valence electrons. The van der Waals surface area contributed by atoms with Crippen LogP contribution in [0.3, 0.4) is 0 Å². The summed E-state index contributed by atoms with van der Waals surface area (Å²) >= 11 is 1.31. The summed E-state index contributed by atoms with van der Waals surface area (Å²) in [5.41, 5.74) is 4.36. The van der Waals surface area contributed by atoms with Gasteiger partial charge in [-0.15, -0.1) is 39.1 Å². The molecule has 0 fully saturated rings. The lowest BCUT2D eigenvalue weighted by molar-refractivity contribution is 0.101. The molecule has 0 spiro atoms. The fourth-order valence-electron chi connectivity index (χ4n) is 3.99. The van der Waals surface area contributed by atoms with E-state index in [0.29, 0.717) is 10.4 Å². The molecule has 0 aliphatic rings. The first-order chi connectivity index (χ1) is 14.7. The molecule has 9 heteroatoms. The lowest BCUT2D eigenvalue weighted by Gasteiger charge is -2.52. The van der Waals surface area contributed by atoms with Gasteiger partial charge in [0.1, 0.15) is 10.9 Å². The second kappa shape index (κ2) is 8.78. The van der Waals surface area contributed by atoms with Crippen molar-refractivity contribution in [3.63, 3.8) is 0 Å². The highest BCUT2D eigenvalue weighted by molar-refractivity contribution is 7.40. The molecule has 1 aromatic carbocycles. The number of hydrogen-bond donors (Lipinski definition) is 0. The minimum absolute atomic E-state index is 0.111. The molecule has 3 aromatic rings. The van der Waals surface area contributed by atoms with Crippen LogP contribution in [0.25, 0.3) is 16.1 Å². The fourth-order valence-corrected chi connectivity index (χ4v) is 6.86. The number of aryl methyl sites for hydroxylation is 1. The van der Waals surface area contributed by atoms with Gasteiger partial charge < -0.3 is 0 Å². The highest BCUT2D eigenvalue weighted by atomic mass is 32.1. The molecule has 3 rings (SSSR count). The van der Waals surface area contributed by atoms with Gasteiger partial charge in [-0.3, -0.25) is 4.79 Å². The molecular formula is C23H27BN3OP3S. The average molecular weight is 497 g/mol.